The molecule has 1 N–H and O–H groups in total. The molecule has 0 aliphatic carbocycles. The van der Waals surface area contributed by atoms with E-state index in [2.05, 4.69) is 35.4 Å². The van der Waals surface area contributed by atoms with Crippen LogP contribution in [0.1, 0.15) is 39.0 Å². The van der Waals surface area contributed by atoms with E-state index in [0.717, 1.165) is 31.3 Å². The Labute approximate surface area is 125 Å². The molecule has 3 heteroatoms. The van der Waals surface area contributed by atoms with E-state index in [1.54, 1.807) is 6.08 Å². The highest BCUT2D eigenvalue weighted by Gasteiger charge is 2.29. The van der Waals surface area contributed by atoms with Crippen molar-refractivity contribution in [3.05, 3.63) is 24.3 Å². The van der Waals surface area contributed by atoms with Crippen LogP contribution in [0.15, 0.2) is 24.3 Å². The molecule has 1 fully saturated rings. The molecule has 4 atom stereocenters. The molecular weight excluding hydrogens is 304 g/mol. The van der Waals surface area contributed by atoms with Crippen molar-refractivity contribution >= 4 is 15.9 Å². The highest BCUT2D eigenvalue weighted by molar-refractivity contribution is 9.09. The lowest BCUT2D eigenvalue weighted by Gasteiger charge is -2.33. The van der Waals surface area contributed by atoms with Gasteiger partial charge in [-0.2, -0.15) is 0 Å². The molecule has 0 aromatic rings. The molecule has 1 saturated heterocycles. The topological polar surface area (TPSA) is 29.5 Å². The monoisotopic (exact) mass is 326 g/mol. The predicted molar refractivity (Wildman–Crippen MR) is 83.3 cm³/mol. The van der Waals surface area contributed by atoms with Gasteiger partial charge in [0.1, 0.15) is 0 Å². The van der Waals surface area contributed by atoms with Crippen LogP contribution in [-0.4, -0.2) is 28.2 Å². The standard InChI is InChI=1S/C16H23BrO2/c1-4-6-7-8-14(18)16-11-12(3)9-10-13(17)15(5-2)19-16/h1,6-7,13-16,18H,3,5,8-11H2,2H3/b7-6+/t13-,14+,15+,16?/m0/s1. The summed E-state index contributed by atoms with van der Waals surface area (Å²) in [6.45, 7) is 6.18. The van der Waals surface area contributed by atoms with Gasteiger partial charge in [0.05, 0.1) is 18.3 Å². The van der Waals surface area contributed by atoms with Crippen LogP contribution in [0.4, 0.5) is 0 Å². The van der Waals surface area contributed by atoms with Crippen LogP contribution in [0.3, 0.4) is 0 Å². The fourth-order valence-electron chi connectivity index (χ4n) is 2.28. The second-order valence-electron chi connectivity index (χ2n) is 5.00. The average molecular weight is 327 g/mol. The molecular formula is C16H23BrO2. The second-order valence-corrected chi connectivity index (χ2v) is 6.18. The summed E-state index contributed by atoms with van der Waals surface area (Å²) in [5, 5.41) is 10.2. The van der Waals surface area contributed by atoms with Gasteiger partial charge in [-0.05, 0) is 38.2 Å². The zero-order valence-corrected chi connectivity index (χ0v) is 13.1. The number of terminal acetylenes is 1. The van der Waals surface area contributed by atoms with Crippen LogP contribution in [0, 0.1) is 12.3 Å². The summed E-state index contributed by atoms with van der Waals surface area (Å²) in [6.07, 6.45) is 12.2. The smallest absolute Gasteiger partial charge is 0.0878 e. The first-order valence-electron chi connectivity index (χ1n) is 6.83. The van der Waals surface area contributed by atoms with Crippen LogP contribution < -0.4 is 0 Å². The zero-order chi connectivity index (χ0) is 14.3. The first-order valence-corrected chi connectivity index (χ1v) is 7.75. The van der Waals surface area contributed by atoms with Gasteiger partial charge in [0.2, 0.25) is 0 Å². The highest BCUT2D eigenvalue weighted by atomic mass is 79.9. The minimum Gasteiger partial charge on any atom is -0.390 e. The Morgan fingerprint density at radius 2 is 2.42 bits per heavy atom. The van der Waals surface area contributed by atoms with Crippen molar-refractivity contribution in [2.24, 2.45) is 0 Å². The van der Waals surface area contributed by atoms with Gasteiger partial charge in [-0.3, -0.25) is 0 Å². The number of ether oxygens (including phenoxy) is 1. The van der Waals surface area contributed by atoms with Crippen LogP contribution in [0.25, 0.3) is 0 Å². The number of halogens is 1. The molecule has 0 radical (unpaired) electrons. The molecule has 106 valence electrons. The number of aliphatic hydroxyl groups is 1. The summed E-state index contributed by atoms with van der Waals surface area (Å²) < 4.78 is 6.07. The summed E-state index contributed by atoms with van der Waals surface area (Å²) in [5.41, 5.74) is 1.14. The normalized spacial score (nSPS) is 30.6. The predicted octanol–water partition coefficient (Wildman–Crippen LogP) is 3.59. The van der Waals surface area contributed by atoms with Gasteiger partial charge in [-0.25, -0.2) is 0 Å². The second kappa shape index (κ2) is 8.58. The number of hydrogen-bond donors (Lipinski definition) is 1. The number of aliphatic hydroxyl groups excluding tert-OH is 1. The Hall–Kier alpha value is -0.560. The summed E-state index contributed by atoms with van der Waals surface area (Å²) in [4.78, 5) is 0.325. The summed E-state index contributed by atoms with van der Waals surface area (Å²) in [7, 11) is 0. The quantitative estimate of drug-likeness (QED) is 0.486. The first kappa shape index (κ1) is 16.5. The highest BCUT2D eigenvalue weighted by Crippen LogP contribution is 2.29. The van der Waals surface area contributed by atoms with E-state index in [1.165, 1.54) is 0 Å². The van der Waals surface area contributed by atoms with Gasteiger partial charge in [-0.1, -0.05) is 47.0 Å². The van der Waals surface area contributed by atoms with E-state index < -0.39 is 6.10 Å². The third-order valence-electron chi connectivity index (χ3n) is 3.44. The fraction of sp³-hybridized carbons (Fsp3) is 0.625. The van der Waals surface area contributed by atoms with E-state index >= 15 is 0 Å². The lowest BCUT2D eigenvalue weighted by atomic mass is 9.95. The Morgan fingerprint density at radius 1 is 1.68 bits per heavy atom. The molecule has 1 aliphatic heterocycles. The zero-order valence-electron chi connectivity index (χ0n) is 11.5. The third-order valence-corrected chi connectivity index (χ3v) is 4.49. The van der Waals surface area contributed by atoms with Gasteiger partial charge in [-0.15, -0.1) is 6.42 Å². The molecule has 0 saturated carbocycles. The van der Waals surface area contributed by atoms with E-state index in [1.807, 2.05) is 6.08 Å². The fourth-order valence-corrected chi connectivity index (χ4v) is 3.01. The number of hydrogen-bond acceptors (Lipinski definition) is 2. The number of alkyl halides is 1. The van der Waals surface area contributed by atoms with Crippen LogP contribution in [-0.2, 0) is 4.74 Å². The molecule has 1 unspecified atom stereocenters. The third kappa shape index (κ3) is 5.52. The maximum Gasteiger partial charge on any atom is 0.0878 e. The van der Waals surface area contributed by atoms with E-state index in [-0.39, 0.29) is 12.2 Å². The van der Waals surface area contributed by atoms with Gasteiger partial charge >= 0.3 is 0 Å². The maximum absolute atomic E-state index is 10.2. The maximum atomic E-state index is 10.2. The van der Waals surface area contributed by atoms with Crippen LogP contribution in [0.2, 0.25) is 0 Å². The Kier molecular flexibility index (Phi) is 7.45. The SMILES string of the molecule is C#C/C=C/C[C@@H](O)C1CC(=C)CC[C@H](Br)[C@@H](CC)O1. The van der Waals surface area contributed by atoms with Crippen molar-refractivity contribution in [2.75, 3.05) is 0 Å². The molecule has 1 aliphatic rings. The minimum absolute atomic E-state index is 0.143. The van der Waals surface area contributed by atoms with Crippen molar-refractivity contribution in [1.82, 2.24) is 0 Å². The summed E-state index contributed by atoms with van der Waals surface area (Å²) >= 11 is 3.68. The molecule has 0 spiro atoms. The lowest BCUT2D eigenvalue weighted by Crippen LogP contribution is -2.38. The Morgan fingerprint density at radius 3 is 3.05 bits per heavy atom. The van der Waals surface area contributed by atoms with Gasteiger partial charge < -0.3 is 9.84 Å². The molecule has 0 aromatic heterocycles. The molecule has 1 rings (SSSR count). The molecule has 0 aromatic carbocycles. The van der Waals surface area contributed by atoms with Crippen molar-refractivity contribution in [1.29, 1.82) is 0 Å². The molecule has 1 heterocycles. The van der Waals surface area contributed by atoms with Crippen molar-refractivity contribution in [3.8, 4) is 12.3 Å². The van der Waals surface area contributed by atoms with Crippen molar-refractivity contribution in [2.45, 2.75) is 62.2 Å². The molecule has 19 heavy (non-hydrogen) atoms. The first-order chi connectivity index (χ1) is 9.08. The van der Waals surface area contributed by atoms with E-state index in [0.29, 0.717) is 11.2 Å². The average Bonchev–Trinajstić information content (AvgIpc) is 2.39. The Bertz CT molecular complexity index is 356. The van der Waals surface area contributed by atoms with Gasteiger partial charge in [0.15, 0.2) is 0 Å². The van der Waals surface area contributed by atoms with E-state index in [4.69, 9.17) is 11.2 Å². The molecule has 0 amide bonds. The minimum atomic E-state index is -0.534. The number of allylic oxidation sites excluding steroid dienone is 1. The largest absolute Gasteiger partial charge is 0.390 e. The molecule has 0 bridgehead atoms. The summed E-state index contributed by atoms with van der Waals surface area (Å²) in [6, 6.07) is 0. The molecule has 2 nitrogen and oxygen atoms in total. The lowest BCUT2D eigenvalue weighted by molar-refractivity contribution is -0.0794. The Balaban J connectivity index is 2.68. The number of rotatable bonds is 4. The van der Waals surface area contributed by atoms with Crippen LogP contribution >= 0.6 is 15.9 Å². The van der Waals surface area contributed by atoms with Crippen LogP contribution in [0.5, 0.6) is 0 Å². The van der Waals surface area contributed by atoms with Crippen molar-refractivity contribution < 1.29 is 9.84 Å². The van der Waals surface area contributed by atoms with Gasteiger partial charge in [0.25, 0.3) is 0 Å². The van der Waals surface area contributed by atoms with Gasteiger partial charge in [0, 0.05) is 4.83 Å². The summed E-state index contributed by atoms with van der Waals surface area (Å²) in [5.74, 6) is 2.43. The van der Waals surface area contributed by atoms with Crippen molar-refractivity contribution in [3.63, 3.8) is 0 Å². The van der Waals surface area contributed by atoms with E-state index in [9.17, 15) is 5.11 Å².